The van der Waals surface area contributed by atoms with Crippen molar-refractivity contribution in [3.63, 3.8) is 0 Å². The van der Waals surface area contributed by atoms with Gasteiger partial charge in [-0.3, -0.25) is 9.59 Å². The number of carboxylic acids is 1. The van der Waals surface area contributed by atoms with Crippen LogP contribution in [0, 0.1) is 5.92 Å². The molecule has 4 heteroatoms. The van der Waals surface area contributed by atoms with Gasteiger partial charge in [-0.15, -0.1) is 0 Å². The molecule has 1 atom stereocenters. The van der Waals surface area contributed by atoms with Crippen LogP contribution in [0.3, 0.4) is 0 Å². The molecule has 4 nitrogen and oxygen atoms in total. The van der Waals surface area contributed by atoms with E-state index in [9.17, 15) is 14.7 Å². The summed E-state index contributed by atoms with van der Waals surface area (Å²) in [5, 5.41) is 12.0. The van der Waals surface area contributed by atoms with Crippen LogP contribution < -0.4 is 5.32 Å². The van der Waals surface area contributed by atoms with Crippen LogP contribution in [-0.2, 0) is 16.0 Å². The van der Waals surface area contributed by atoms with Gasteiger partial charge in [0.25, 0.3) is 0 Å². The summed E-state index contributed by atoms with van der Waals surface area (Å²) in [5.41, 5.74) is 0.0725. The van der Waals surface area contributed by atoms with E-state index in [0.717, 1.165) is 11.6 Å². The summed E-state index contributed by atoms with van der Waals surface area (Å²) in [6.07, 6.45) is 1.50. The summed E-state index contributed by atoms with van der Waals surface area (Å²) < 4.78 is 0. The lowest BCUT2D eigenvalue weighted by molar-refractivity contribution is -0.144. The van der Waals surface area contributed by atoms with Gasteiger partial charge < -0.3 is 10.4 Å². The smallest absolute Gasteiger partial charge is 0.309 e. The minimum Gasteiger partial charge on any atom is -0.481 e. The first-order valence-electron chi connectivity index (χ1n) is 6.08. The van der Waals surface area contributed by atoms with Gasteiger partial charge in [0.2, 0.25) is 5.91 Å². The molecule has 1 aromatic carbocycles. The average Bonchev–Trinajstić information content (AvgIpc) is 2.36. The molecule has 0 heterocycles. The largest absolute Gasteiger partial charge is 0.481 e. The fraction of sp³-hybridized carbons (Fsp3) is 0.333. The predicted molar refractivity (Wildman–Crippen MR) is 73.7 cm³/mol. The van der Waals surface area contributed by atoms with E-state index in [4.69, 9.17) is 0 Å². The Morgan fingerprint density at radius 3 is 2.42 bits per heavy atom. The molecule has 0 saturated heterocycles. The second kappa shape index (κ2) is 6.18. The first-order valence-corrected chi connectivity index (χ1v) is 6.08. The lowest BCUT2D eigenvalue weighted by Crippen LogP contribution is -2.52. The maximum atomic E-state index is 11.4. The summed E-state index contributed by atoms with van der Waals surface area (Å²) in [5.74, 6) is -2.01. The zero-order valence-electron chi connectivity index (χ0n) is 11.2. The van der Waals surface area contributed by atoms with E-state index in [2.05, 4.69) is 11.9 Å². The highest BCUT2D eigenvalue weighted by Crippen LogP contribution is 2.22. The Kier molecular flexibility index (Phi) is 4.87. The quantitative estimate of drug-likeness (QED) is 0.770. The summed E-state index contributed by atoms with van der Waals surface area (Å²) in [6.45, 7) is 6.78. The van der Waals surface area contributed by atoms with Gasteiger partial charge in [-0.2, -0.15) is 0 Å². The number of rotatable bonds is 6. The molecule has 1 amide bonds. The Bertz CT molecular complexity index is 466. The van der Waals surface area contributed by atoms with E-state index in [-0.39, 0.29) is 5.91 Å². The molecule has 0 aliphatic heterocycles. The van der Waals surface area contributed by atoms with Gasteiger partial charge in [-0.25, -0.2) is 0 Å². The monoisotopic (exact) mass is 261 g/mol. The number of nitrogens with one attached hydrogen (secondary N) is 1. The lowest BCUT2D eigenvalue weighted by Gasteiger charge is -2.32. The number of benzene rings is 1. The van der Waals surface area contributed by atoms with Crippen LogP contribution in [0.4, 0.5) is 0 Å². The minimum absolute atomic E-state index is 0.362. The van der Waals surface area contributed by atoms with E-state index in [0.29, 0.717) is 6.42 Å². The number of hydrogen-bond donors (Lipinski definition) is 2. The molecule has 19 heavy (non-hydrogen) atoms. The van der Waals surface area contributed by atoms with Crippen LogP contribution >= 0.6 is 0 Å². The van der Waals surface area contributed by atoms with Crippen LogP contribution in [0.2, 0.25) is 0 Å². The summed E-state index contributed by atoms with van der Waals surface area (Å²) in [7, 11) is 0. The second-order valence-electron chi connectivity index (χ2n) is 5.00. The van der Waals surface area contributed by atoms with Crippen molar-refractivity contribution in [1.82, 2.24) is 5.32 Å². The normalized spacial score (nSPS) is 12.5. The van der Waals surface area contributed by atoms with Gasteiger partial charge >= 0.3 is 5.97 Å². The number of carbonyl (C=O) groups excluding carboxylic acids is 1. The molecular formula is C15H19NO3. The van der Waals surface area contributed by atoms with Crippen LogP contribution in [0.1, 0.15) is 19.4 Å². The molecule has 0 spiro atoms. The minimum atomic E-state index is -0.932. The predicted octanol–water partition coefficient (Wildman–Crippen LogP) is 2.01. The highest BCUT2D eigenvalue weighted by Gasteiger charge is 2.36. The van der Waals surface area contributed by atoms with Crippen molar-refractivity contribution in [2.75, 3.05) is 0 Å². The number of carboxylic acid groups (broad SMARTS) is 1. The van der Waals surface area contributed by atoms with Crippen molar-refractivity contribution >= 4 is 11.9 Å². The molecule has 0 radical (unpaired) electrons. The summed E-state index contributed by atoms with van der Waals surface area (Å²) in [6, 6.07) is 9.36. The highest BCUT2D eigenvalue weighted by atomic mass is 16.4. The lowest BCUT2D eigenvalue weighted by atomic mass is 9.82. The molecule has 2 N–H and O–H groups in total. The Morgan fingerprint density at radius 1 is 1.37 bits per heavy atom. The summed E-state index contributed by atoms with van der Waals surface area (Å²) >= 11 is 0. The van der Waals surface area contributed by atoms with Crippen LogP contribution in [-0.4, -0.2) is 22.5 Å². The van der Waals surface area contributed by atoms with Crippen LogP contribution in [0.5, 0.6) is 0 Å². The van der Waals surface area contributed by atoms with Gasteiger partial charge in [0, 0.05) is 5.54 Å². The van der Waals surface area contributed by atoms with Gasteiger partial charge in [0.1, 0.15) is 0 Å². The average molecular weight is 261 g/mol. The molecule has 0 bridgehead atoms. The van der Waals surface area contributed by atoms with Crippen molar-refractivity contribution in [3.05, 3.63) is 48.6 Å². The Labute approximate surface area is 113 Å². The maximum absolute atomic E-state index is 11.4. The molecule has 0 aromatic heterocycles. The van der Waals surface area contributed by atoms with Gasteiger partial charge in [-0.05, 0) is 31.9 Å². The number of carbonyl (C=O) groups is 2. The fourth-order valence-electron chi connectivity index (χ4n) is 1.96. The first-order chi connectivity index (χ1) is 8.86. The van der Waals surface area contributed by atoms with E-state index < -0.39 is 17.4 Å². The van der Waals surface area contributed by atoms with Crippen molar-refractivity contribution in [2.45, 2.75) is 25.8 Å². The Balaban J connectivity index is 2.91. The molecule has 102 valence electrons. The molecule has 0 aliphatic rings. The number of hydrogen-bond acceptors (Lipinski definition) is 2. The Hall–Kier alpha value is -2.10. The molecule has 0 fully saturated rings. The fourth-order valence-corrected chi connectivity index (χ4v) is 1.96. The van der Waals surface area contributed by atoms with E-state index >= 15 is 0 Å². The number of amides is 1. The molecule has 0 aliphatic carbocycles. The summed E-state index contributed by atoms with van der Waals surface area (Å²) in [4.78, 5) is 22.8. The van der Waals surface area contributed by atoms with Gasteiger partial charge in [0.15, 0.2) is 0 Å². The van der Waals surface area contributed by atoms with E-state index in [1.165, 1.54) is 0 Å². The third-order valence-corrected chi connectivity index (χ3v) is 3.08. The Morgan fingerprint density at radius 2 is 1.95 bits per heavy atom. The van der Waals surface area contributed by atoms with Crippen molar-refractivity contribution in [1.29, 1.82) is 0 Å². The van der Waals surface area contributed by atoms with Crippen LogP contribution in [0.15, 0.2) is 43.0 Å². The van der Waals surface area contributed by atoms with Crippen molar-refractivity contribution in [3.8, 4) is 0 Å². The highest BCUT2D eigenvalue weighted by molar-refractivity contribution is 5.88. The topological polar surface area (TPSA) is 66.4 Å². The number of aliphatic carboxylic acids is 1. The first kappa shape index (κ1) is 15.0. The molecule has 0 saturated carbocycles. The molecule has 1 unspecified atom stereocenters. The van der Waals surface area contributed by atoms with Crippen LogP contribution in [0.25, 0.3) is 0 Å². The molecule has 1 aromatic rings. The van der Waals surface area contributed by atoms with E-state index in [1.807, 2.05) is 30.3 Å². The SMILES string of the molecule is C=CC(=O)NC(C)(C)C(Cc1ccccc1)C(=O)O. The third-order valence-electron chi connectivity index (χ3n) is 3.08. The van der Waals surface area contributed by atoms with E-state index in [1.54, 1.807) is 13.8 Å². The molecule has 1 rings (SSSR count). The zero-order valence-corrected chi connectivity index (χ0v) is 11.2. The third kappa shape index (κ3) is 4.25. The van der Waals surface area contributed by atoms with Crippen molar-refractivity contribution < 1.29 is 14.7 Å². The molecular weight excluding hydrogens is 242 g/mol. The van der Waals surface area contributed by atoms with Gasteiger partial charge in [-0.1, -0.05) is 36.9 Å². The van der Waals surface area contributed by atoms with Crippen molar-refractivity contribution in [2.24, 2.45) is 5.92 Å². The maximum Gasteiger partial charge on any atom is 0.309 e. The van der Waals surface area contributed by atoms with Gasteiger partial charge in [0.05, 0.1) is 5.92 Å². The second-order valence-corrected chi connectivity index (χ2v) is 5.00. The standard InChI is InChI=1S/C15H19NO3/c1-4-13(17)16-15(2,3)12(14(18)19)10-11-8-6-5-7-9-11/h4-9,12H,1,10H2,2-3H3,(H,16,17)(H,18,19). The zero-order chi connectivity index (χ0) is 14.5.